The molecular formula is C13H18O5. The Labute approximate surface area is 106 Å². The predicted molar refractivity (Wildman–Crippen MR) is 63.6 cm³/mol. The number of hydrogen-bond donors (Lipinski definition) is 3. The number of rotatable bonds is 3. The van der Waals surface area contributed by atoms with Crippen molar-refractivity contribution in [2.24, 2.45) is 0 Å². The molecule has 1 aliphatic heterocycles. The van der Waals surface area contributed by atoms with Crippen LogP contribution in [0.15, 0.2) is 30.3 Å². The third-order valence-electron chi connectivity index (χ3n) is 3.07. The first-order valence-electron chi connectivity index (χ1n) is 5.95. The third kappa shape index (κ3) is 2.88. The van der Waals surface area contributed by atoms with Crippen LogP contribution in [0.3, 0.4) is 0 Å². The number of ether oxygens (including phenoxy) is 2. The van der Waals surface area contributed by atoms with Crippen LogP contribution < -0.4 is 0 Å². The van der Waals surface area contributed by atoms with Crippen LogP contribution in [-0.4, -0.2) is 46.0 Å². The van der Waals surface area contributed by atoms with Gasteiger partial charge in [-0.1, -0.05) is 30.3 Å². The van der Waals surface area contributed by atoms with Crippen LogP contribution in [-0.2, 0) is 16.1 Å². The number of hydrogen-bond acceptors (Lipinski definition) is 5. The van der Waals surface area contributed by atoms with Crippen LogP contribution in [0.4, 0.5) is 0 Å². The van der Waals surface area contributed by atoms with E-state index in [1.807, 2.05) is 30.3 Å². The summed E-state index contributed by atoms with van der Waals surface area (Å²) in [6.07, 6.45) is -5.12. The van der Waals surface area contributed by atoms with Crippen LogP contribution in [0, 0.1) is 0 Å². The van der Waals surface area contributed by atoms with Gasteiger partial charge in [0, 0.05) is 0 Å². The first-order chi connectivity index (χ1) is 8.59. The summed E-state index contributed by atoms with van der Waals surface area (Å²) in [7, 11) is 0. The van der Waals surface area contributed by atoms with Crippen molar-refractivity contribution in [3.63, 3.8) is 0 Å². The number of benzene rings is 1. The Morgan fingerprint density at radius 3 is 2.39 bits per heavy atom. The van der Waals surface area contributed by atoms with Crippen LogP contribution in [0.2, 0.25) is 0 Å². The molecule has 0 spiro atoms. The Morgan fingerprint density at radius 1 is 1.06 bits per heavy atom. The van der Waals surface area contributed by atoms with Gasteiger partial charge in [-0.25, -0.2) is 0 Å². The molecule has 1 aliphatic rings. The molecule has 18 heavy (non-hydrogen) atoms. The Kier molecular flexibility index (Phi) is 4.31. The molecule has 5 nitrogen and oxygen atoms in total. The van der Waals surface area contributed by atoms with Gasteiger partial charge in [0.25, 0.3) is 0 Å². The van der Waals surface area contributed by atoms with Gasteiger partial charge in [0.05, 0.1) is 12.7 Å². The summed E-state index contributed by atoms with van der Waals surface area (Å²) in [6.45, 7) is 1.90. The lowest BCUT2D eigenvalue weighted by atomic mass is 10.00. The van der Waals surface area contributed by atoms with Crippen molar-refractivity contribution in [1.82, 2.24) is 0 Å². The lowest BCUT2D eigenvalue weighted by Crippen LogP contribution is -2.57. The lowest BCUT2D eigenvalue weighted by molar-refractivity contribution is -0.296. The SMILES string of the molecule is C[C@H]1O[C@@H](OCc2ccccc2)[C@H](O)[C@@H](O)[C@H]1O. The maximum absolute atomic E-state index is 9.74. The second-order valence-corrected chi connectivity index (χ2v) is 4.48. The fraction of sp³-hybridized carbons (Fsp3) is 0.538. The van der Waals surface area contributed by atoms with Gasteiger partial charge in [0.1, 0.15) is 18.3 Å². The Morgan fingerprint density at radius 2 is 1.72 bits per heavy atom. The monoisotopic (exact) mass is 254 g/mol. The number of aliphatic hydroxyl groups is 3. The van der Waals surface area contributed by atoms with Crippen molar-refractivity contribution in [3.05, 3.63) is 35.9 Å². The van der Waals surface area contributed by atoms with Crippen molar-refractivity contribution in [1.29, 1.82) is 0 Å². The normalized spacial score (nSPS) is 36.6. The second-order valence-electron chi connectivity index (χ2n) is 4.48. The van der Waals surface area contributed by atoms with Gasteiger partial charge in [0.15, 0.2) is 6.29 Å². The van der Waals surface area contributed by atoms with Crippen LogP contribution in [0.1, 0.15) is 12.5 Å². The van der Waals surface area contributed by atoms with E-state index in [-0.39, 0.29) is 6.61 Å². The molecule has 1 fully saturated rings. The summed E-state index contributed by atoms with van der Waals surface area (Å²) >= 11 is 0. The van der Waals surface area contributed by atoms with Crippen LogP contribution >= 0.6 is 0 Å². The lowest BCUT2D eigenvalue weighted by Gasteiger charge is -2.38. The molecule has 100 valence electrons. The molecule has 1 heterocycles. The van der Waals surface area contributed by atoms with E-state index in [0.29, 0.717) is 0 Å². The zero-order chi connectivity index (χ0) is 13.1. The topological polar surface area (TPSA) is 79.2 Å². The fourth-order valence-corrected chi connectivity index (χ4v) is 1.90. The zero-order valence-electron chi connectivity index (χ0n) is 10.1. The molecule has 5 atom stereocenters. The average Bonchev–Trinajstić information content (AvgIpc) is 2.40. The van der Waals surface area contributed by atoms with E-state index in [0.717, 1.165) is 5.56 Å². The minimum Gasteiger partial charge on any atom is -0.388 e. The Hall–Kier alpha value is -0.980. The van der Waals surface area contributed by atoms with Crippen molar-refractivity contribution in [2.75, 3.05) is 0 Å². The predicted octanol–water partition coefficient (Wildman–Crippen LogP) is 0.0307. The molecule has 1 aromatic carbocycles. The summed E-state index contributed by atoms with van der Waals surface area (Å²) in [4.78, 5) is 0. The van der Waals surface area contributed by atoms with E-state index in [2.05, 4.69) is 0 Å². The summed E-state index contributed by atoms with van der Waals surface area (Å²) in [5.74, 6) is 0. The molecule has 0 aromatic heterocycles. The van der Waals surface area contributed by atoms with Crippen molar-refractivity contribution >= 4 is 0 Å². The number of aliphatic hydroxyl groups excluding tert-OH is 3. The fourth-order valence-electron chi connectivity index (χ4n) is 1.90. The van der Waals surface area contributed by atoms with Crippen molar-refractivity contribution in [3.8, 4) is 0 Å². The molecule has 1 aromatic rings. The summed E-state index contributed by atoms with van der Waals surface area (Å²) in [5, 5.41) is 28.9. The molecular weight excluding hydrogens is 236 g/mol. The van der Waals surface area contributed by atoms with E-state index in [9.17, 15) is 15.3 Å². The van der Waals surface area contributed by atoms with E-state index in [4.69, 9.17) is 9.47 Å². The minimum atomic E-state index is -1.26. The van der Waals surface area contributed by atoms with Gasteiger partial charge in [-0.05, 0) is 12.5 Å². The first-order valence-corrected chi connectivity index (χ1v) is 5.95. The highest BCUT2D eigenvalue weighted by Gasteiger charge is 2.42. The van der Waals surface area contributed by atoms with Gasteiger partial charge in [0.2, 0.25) is 0 Å². The van der Waals surface area contributed by atoms with Crippen molar-refractivity contribution in [2.45, 2.75) is 44.2 Å². The van der Waals surface area contributed by atoms with E-state index < -0.39 is 30.7 Å². The standard InChI is InChI=1S/C13H18O5/c1-8-10(14)11(15)12(16)13(18-8)17-7-9-5-3-2-4-6-9/h2-6,8,10-16H,7H2,1H3/t8-,10+,11+,12-,13-/m1/s1. The maximum atomic E-state index is 9.74. The molecule has 0 radical (unpaired) electrons. The molecule has 0 bridgehead atoms. The average molecular weight is 254 g/mol. The molecule has 0 aliphatic carbocycles. The van der Waals surface area contributed by atoms with E-state index in [1.54, 1.807) is 6.92 Å². The maximum Gasteiger partial charge on any atom is 0.186 e. The molecule has 5 heteroatoms. The van der Waals surface area contributed by atoms with Gasteiger partial charge in [-0.2, -0.15) is 0 Å². The summed E-state index contributed by atoms with van der Waals surface area (Å²) in [6, 6.07) is 9.46. The zero-order valence-corrected chi connectivity index (χ0v) is 10.1. The Balaban J connectivity index is 1.93. The Bertz CT molecular complexity index is 369. The minimum absolute atomic E-state index is 0.276. The quantitative estimate of drug-likeness (QED) is 0.709. The summed E-state index contributed by atoms with van der Waals surface area (Å²) in [5.41, 5.74) is 0.946. The van der Waals surface area contributed by atoms with E-state index in [1.165, 1.54) is 0 Å². The highest BCUT2D eigenvalue weighted by Crippen LogP contribution is 2.22. The molecule has 0 saturated carbocycles. The van der Waals surface area contributed by atoms with Gasteiger partial charge >= 0.3 is 0 Å². The molecule has 0 amide bonds. The third-order valence-corrected chi connectivity index (χ3v) is 3.07. The highest BCUT2D eigenvalue weighted by atomic mass is 16.7. The van der Waals surface area contributed by atoms with Gasteiger partial charge in [-0.3, -0.25) is 0 Å². The second kappa shape index (κ2) is 5.77. The van der Waals surface area contributed by atoms with Crippen molar-refractivity contribution < 1.29 is 24.8 Å². The van der Waals surface area contributed by atoms with E-state index >= 15 is 0 Å². The molecule has 0 unspecified atom stereocenters. The summed E-state index contributed by atoms with van der Waals surface area (Å²) < 4.78 is 10.7. The first kappa shape index (κ1) is 13.5. The van der Waals surface area contributed by atoms with Crippen LogP contribution in [0.25, 0.3) is 0 Å². The largest absolute Gasteiger partial charge is 0.388 e. The highest BCUT2D eigenvalue weighted by molar-refractivity contribution is 5.13. The van der Waals surface area contributed by atoms with Gasteiger partial charge in [-0.15, -0.1) is 0 Å². The smallest absolute Gasteiger partial charge is 0.186 e. The molecule has 2 rings (SSSR count). The molecule has 1 saturated heterocycles. The van der Waals surface area contributed by atoms with Gasteiger partial charge < -0.3 is 24.8 Å². The molecule has 3 N–H and O–H groups in total. The van der Waals surface area contributed by atoms with Crippen LogP contribution in [0.5, 0.6) is 0 Å².